The summed E-state index contributed by atoms with van der Waals surface area (Å²) in [7, 11) is 1.56. The minimum absolute atomic E-state index is 0.165. The average molecular weight is 491 g/mol. The fourth-order valence-electron chi connectivity index (χ4n) is 4.04. The van der Waals surface area contributed by atoms with Gasteiger partial charge in [-0.15, -0.1) is 0 Å². The maximum Gasteiger partial charge on any atom is 0.249 e. The van der Waals surface area contributed by atoms with Crippen LogP contribution in [-0.4, -0.2) is 66.4 Å². The lowest BCUT2D eigenvalue weighted by Crippen LogP contribution is -2.34. The molecule has 0 unspecified atom stereocenters. The Bertz CT molecular complexity index is 1360. The first-order valence-corrected chi connectivity index (χ1v) is 11.6. The molecule has 1 aliphatic heterocycles. The van der Waals surface area contributed by atoms with Crippen LogP contribution in [0.15, 0.2) is 49.2 Å². The van der Waals surface area contributed by atoms with Crippen LogP contribution in [0, 0.1) is 0 Å². The molecule has 36 heavy (non-hydrogen) atoms. The van der Waals surface area contributed by atoms with Gasteiger partial charge in [-0.25, -0.2) is 15.0 Å². The van der Waals surface area contributed by atoms with Gasteiger partial charge in [0.1, 0.15) is 18.0 Å². The van der Waals surface area contributed by atoms with Gasteiger partial charge in [0.05, 0.1) is 31.9 Å². The highest BCUT2D eigenvalue weighted by molar-refractivity contribution is 5.85. The zero-order valence-corrected chi connectivity index (χ0v) is 19.8. The van der Waals surface area contributed by atoms with Gasteiger partial charge in [0.15, 0.2) is 29.0 Å². The van der Waals surface area contributed by atoms with Crippen LogP contribution in [0.2, 0.25) is 0 Å². The van der Waals surface area contributed by atoms with E-state index in [1.165, 1.54) is 6.33 Å². The van der Waals surface area contributed by atoms with Gasteiger partial charge < -0.3 is 25.2 Å². The summed E-state index contributed by atoms with van der Waals surface area (Å²) >= 11 is 0. The van der Waals surface area contributed by atoms with Gasteiger partial charge in [0, 0.05) is 30.9 Å². The lowest BCUT2D eigenvalue weighted by atomic mass is 10.2. The monoisotopic (exact) mass is 490 g/mol. The van der Waals surface area contributed by atoms with Gasteiger partial charge in [-0.2, -0.15) is 0 Å². The van der Waals surface area contributed by atoms with Crippen molar-refractivity contribution in [1.82, 2.24) is 34.8 Å². The molecule has 5 heterocycles. The van der Waals surface area contributed by atoms with E-state index in [1.807, 2.05) is 25.1 Å². The zero-order chi connectivity index (χ0) is 25.1. The molecular weight excluding hydrogens is 464 g/mol. The molecule has 1 aliphatic rings. The molecule has 5 rings (SSSR count). The first-order chi connectivity index (χ1) is 17.6. The van der Waals surface area contributed by atoms with E-state index in [0.29, 0.717) is 47.2 Å². The summed E-state index contributed by atoms with van der Waals surface area (Å²) in [5.74, 6) is 1.16. The number of methoxy groups -OCH3 is 1. The Balaban J connectivity index is 1.55. The molecule has 0 bridgehead atoms. The van der Waals surface area contributed by atoms with E-state index in [0.717, 1.165) is 5.69 Å². The number of nitrogens with zero attached hydrogens (tertiary/aromatic N) is 6. The molecular formula is C24H26N8O4. The normalized spacial score (nSPS) is 19.4. The van der Waals surface area contributed by atoms with Crippen molar-refractivity contribution < 1.29 is 19.4 Å². The lowest BCUT2D eigenvalue weighted by molar-refractivity contribution is -0.134. The van der Waals surface area contributed by atoms with Gasteiger partial charge in [-0.3, -0.25) is 19.3 Å². The van der Waals surface area contributed by atoms with Crippen molar-refractivity contribution in [2.75, 3.05) is 19.0 Å². The Morgan fingerprint density at radius 1 is 1.28 bits per heavy atom. The van der Waals surface area contributed by atoms with Crippen LogP contribution in [0.1, 0.15) is 25.3 Å². The first kappa shape index (κ1) is 23.6. The molecule has 0 saturated carbocycles. The third kappa shape index (κ3) is 4.68. The first-order valence-electron chi connectivity index (χ1n) is 11.6. The topological polar surface area (TPSA) is 149 Å². The van der Waals surface area contributed by atoms with Gasteiger partial charge >= 0.3 is 0 Å². The van der Waals surface area contributed by atoms with E-state index < -0.39 is 18.4 Å². The smallest absolute Gasteiger partial charge is 0.249 e. The highest BCUT2D eigenvalue weighted by Crippen LogP contribution is 2.33. The molecule has 1 fully saturated rings. The standard InChI is InChI=1S/C24H26N8O4/c1-3-26-23(34)18-9-17(33)24(36-18)32-13-29-19-21(28-11-15-6-4-5-7-27-15)30-20(31-22(19)32)14-8-16(35-2)12-25-10-14/h4-8,10,12-13,17-18,24,33H,3,9,11H2,1-2H3,(H,26,34)(H,28,30,31)/t17-,18+,24-/m1/s1. The van der Waals surface area contributed by atoms with Crippen molar-refractivity contribution in [3.8, 4) is 17.1 Å². The second kappa shape index (κ2) is 10.2. The van der Waals surface area contributed by atoms with E-state index in [2.05, 4.69) is 25.6 Å². The second-order valence-electron chi connectivity index (χ2n) is 8.22. The second-order valence-corrected chi connectivity index (χ2v) is 8.22. The van der Waals surface area contributed by atoms with E-state index in [-0.39, 0.29) is 12.3 Å². The summed E-state index contributed by atoms with van der Waals surface area (Å²) in [6, 6.07) is 7.44. The predicted molar refractivity (Wildman–Crippen MR) is 130 cm³/mol. The number of pyridine rings is 2. The number of hydrogen-bond donors (Lipinski definition) is 3. The lowest BCUT2D eigenvalue weighted by Gasteiger charge is -2.17. The Hall–Kier alpha value is -4.16. The number of rotatable bonds is 8. The van der Waals surface area contributed by atoms with Crippen LogP contribution < -0.4 is 15.4 Å². The molecule has 0 radical (unpaired) electrons. The third-order valence-electron chi connectivity index (χ3n) is 5.80. The predicted octanol–water partition coefficient (Wildman–Crippen LogP) is 1.69. The molecule has 3 N–H and O–H groups in total. The number of carbonyl (C=O) groups excluding carboxylic acids is 1. The Morgan fingerprint density at radius 2 is 2.17 bits per heavy atom. The molecule has 1 saturated heterocycles. The van der Waals surface area contributed by atoms with Crippen LogP contribution >= 0.6 is 0 Å². The van der Waals surface area contributed by atoms with Gasteiger partial charge in [-0.1, -0.05) is 6.07 Å². The van der Waals surface area contributed by atoms with Crippen molar-refractivity contribution in [2.24, 2.45) is 0 Å². The summed E-state index contributed by atoms with van der Waals surface area (Å²) < 4.78 is 12.9. The number of aliphatic hydroxyl groups excluding tert-OH is 1. The summed E-state index contributed by atoms with van der Waals surface area (Å²) in [6.07, 6.45) is 4.13. The van der Waals surface area contributed by atoms with Crippen LogP contribution in [-0.2, 0) is 16.1 Å². The number of fused-ring (bicyclic) bond motifs is 1. The number of likely N-dealkylation sites (N-methyl/N-ethyl adjacent to an activating group) is 1. The highest BCUT2D eigenvalue weighted by Gasteiger charge is 2.39. The number of imidazole rings is 1. The number of hydrogen-bond acceptors (Lipinski definition) is 10. The number of anilines is 1. The van der Waals surface area contributed by atoms with Gasteiger partial charge in [0.25, 0.3) is 0 Å². The summed E-state index contributed by atoms with van der Waals surface area (Å²) in [4.78, 5) is 34.8. The van der Waals surface area contributed by atoms with Crippen molar-refractivity contribution in [1.29, 1.82) is 0 Å². The largest absolute Gasteiger partial charge is 0.495 e. The number of aliphatic hydroxyl groups is 1. The van der Waals surface area contributed by atoms with Crippen molar-refractivity contribution in [3.05, 3.63) is 54.9 Å². The van der Waals surface area contributed by atoms with Crippen LogP contribution in [0.3, 0.4) is 0 Å². The number of ether oxygens (including phenoxy) is 2. The molecule has 4 aromatic rings. The SMILES string of the molecule is CCNC(=O)[C@@H]1C[C@@H](O)[C@H](n2cnc3c(NCc4ccccn4)nc(-c4cncc(OC)c4)nc32)O1. The van der Waals surface area contributed by atoms with Gasteiger partial charge in [-0.05, 0) is 25.1 Å². The maximum atomic E-state index is 12.3. The molecule has 0 aromatic carbocycles. The van der Waals surface area contributed by atoms with E-state index in [4.69, 9.17) is 19.4 Å². The maximum absolute atomic E-state index is 12.3. The number of nitrogens with one attached hydrogen (secondary N) is 2. The minimum atomic E-state index is -0.920. The van der Waals surface area contributed by atoms with Crippen molar-refractivity contribution in [3.63, 3.8) is 0 Å². The van der Waals surface area contributed by atoms with Crippen molar-refractivity contribution in [2.45, 2.75) is 38.3 Å². The van der Waals surface area contributed by atoms with Crippen LogP contribution in [0.25, 0.3) is 22.6 Å². The fraction of sp³-hybridized carbons (Fsp3) is 0.333. The molecule has 0 spiro atoms. The Morgan fingerprint density at radius 3 is 2.94 bits per heavy atom. The quantitative estimate of drug-likeness (QED) is 0.333. The summed E-state index contributed by atoms with van der Waals surface area (Å²) in [5, 5.41) is 16.8. The molecule has 1 amide bonds. The third-order valence-corrected chi connectivity index (χ3v) is 5.80. The zero-order valence-electron chi connectivity index (χ0n) is 19.8. The molecule has 12 nitrogen and oxygen atoms in total. The number of aromatic nitrogens is 6. The Labute approximate surface area is 206 Å². The Kier molecular flexibility index (Phi) is 6.69. The molecule has 0 aliphatic carbocycles. The van der Waals surface area contributed by atoms with Crippen LogP contribution in [0.5, 0.6) is 5.75 Å². The summed E-state index contributed by atoms with van der Waals surface area (Å²) in [6.45, 7) is 2.72. The van der Waals surface area contributed by atoms with E-state index in [9.17, 15) is 9.90 Å². The molecule has 12 heteroatoms. The molecule has 186 valence electrons. The minimum Gasteiger partial charge on any atom is -0.495 e. The van der Waals surface area contributed by atoms with Gasteiger partial charge in [0.2, 0.25) is 5.91 Å². The van der Waals surface area contributed by atoms with E-state index >= 15 is 0 Å². The van der Waals surface area contributed by atoms with Crippen molar-refractivity contribution >= 4 is 22.9 Å². The molecule has 4 aromatic heterocycles. The van der Waals surface area contributed by atoms with E-state index in [1.54, 1.807) is 36.3 Å². The average Bonchev–Trinajstić information content (AvgIpc) is 3.51. The fourth-order valence-corrected chi connectivity index (χ4v) is 4.04. The highest BCUT2D eigenvalue weighted by atomic mass is 16.5. The molecule has 3 atom stereocenters. The summed E-state index contributed by atoms with van der Waals surface area (Å²) in [5.41, 5.74) is 2.39. The number of carbonyl (C=O) groups is 1. The number of amides is 1. The van der Waals surface area contributed by atoms with Crippen LogP contribution in [0.4, 0.5) is 5.82 Å².